The molecule has 9 heteroatoms. The molecule has 1 fully saturated rings. The van der Waals surface area contributed by atoms with Gasteiger partial charge in [0.05, 0.1) is 30.3 Å². The van der Waals surface area contributed by atoms with Crippen molar-refractivity contribution in [3.63, 3.8) is 0 Å². The van der Waals surface area contributed by atoms with E-state index < -0.39 is 21.9 Å². The molecule has 1 saturated heterocycles. The highest BCUT2D eigenvalue weighted by atomic mass is 32.2. The minimum absolute atomic E-state index is 0.106. The Balaban J connectivity index is 1.78. The smallest absolute Gasteiger partial charge is 0.338 e. The molecule has 1 aliphatic heterocycles. The summed E-state index contributed by atoms with van der Waals surface area (Å²) < 4.78 is 37.5. The quantitative estimate of drug-likeness (QED) is 0.704. The lowest BCUT2D eigenvalue weighted by Gasteiger charge is -2.26. The zero-order valence-corrected chi connectivity index (χ0v) is 17.7. The molecule has 2 aromatic carbocycles. The molecule has 30 heavy (non-hydrogen) atoms. The van der Waals surface area contributed by atoms with E-state index in [9.17, 15) is 18.0 Å². The van der Waals surface area contributed by atoms with Gasteiger partial charge in [-0.3, -0.25) is 4.79 Å². The largest absolute Gasteiger partial charge is 0.462 e. The van der Waals surface area contributed by atoms with E-state index in [0.717, 1.165) is 0 Å². The fraction of sp³-hybridized carbons (Fsp3) is 0.333. The van der Waals surface area contributed by atoms with Crippen molar-refractivity contribution in [2.45, 2.75) is 18.7 Å². The third kappa shape index (κ3) is 4.86. The maximum absolute atomic E-state index is 13.0. The number of amides is 1. The fourth-order valence-corrected chi connectivity index (χ4v) is 4.71. The Kier molecular flexibility index (Phi) is 6.86. The Morgan fingerprint density at radius 2 is 1.70 bits per heavy atom. The number of ether oxygens (including phenoxy) is 2. The number of esters is 1. The number of benzene rings is 2. The highest BCUT2D eigenvalue weighted by Crippen LogP contribution is 2.23. The highest BCUT2D eigenvalue weighted by Gasteiger charge is 2.28. The van der Waals surface area contributed by atoms with Crippen LogP contribution in [-0.2, 0) is 19.5 Å². The standard InChI is InChI=1S/C21H24N2O6S/c1-3-29-21(25)16-6-8-18(9-7-16)22-20(24)17-5-4-15(2)19(14-17)30(26,27)23-10-12-28-13-11-23/h4-9,14H,3,10-13H2,1-2H3,(H,22,24). The van der Waals surface area contributed by atoms with Gasteiger partial charge >= 0.3 is 5.97 Å². The summed E-state index contributed by atoms with van der Waals surface area (Å²) in [7, 11) is -3.72. The van der Waals surface area contributed by atoms with Gasteiger partial charge in [0.2, 0.25) is 10.0 Å². The van der Waals surface area contributed by atoms with Crippen molar-refractivity contribution < 1.29 is 27.5 Å². The van der Waals surface area contributed by atoms with E-state index in [4.69, 9.17) is 9.47 Å². The second kappa shape index (κ2) is 9.38. The number of morpholine rings is 1. The number of nitrogens with one attached hydrogen (secondary N) is 1. The summed E-state index contributed by atoms with van der Waals surface area (Å²) in [5, 5.41) is 2.71. The summed E-state index contributed by atoms with van der Waals surface area (Å²) in [6.45, 7) is 4.96. The van der Waals surface area contributed by atoms with E-state index in [-0.39, 0.29) is 30.2 Å². The van der Waals surface area contributed by atoms with Gasteiger partial charge in [0.25, 0.3) is 5.91 Å². The first-order chi connectivity index (χ1) is 14.3. The summed E-state index contributed by atoms with van der Waals surface area (Å²) in [5.41, 5.74) is 1.65. The molecule has 160 valence electrons. The molecule has 0 bridgehead atoms. The fourth-order valence-electron chi connectivity index (χ4n) is 3.05. The lowest BCUT2D eigenvalue weighted by Crippen LogP contribution is -2.40. The monoisotopic (exact) mass is 432 g/mol. The maximum Gasteiger partial charge on any atom is 0.338 e. The average Bonchev–Trinajstić information content (AvgIpc) is 2.75. The molecule has 1 aliphatic rings. The van der Waals surface area contributed by atoms with Crippen molar-refractivity contribution in [1.82, 2.24) is 4.31 Å². The second-order valence-corrected chi connectivity index (χ2v) is 8.66. The van der Waals surface area contributed by atoms with Gasteiger partial charge in [-0.2, -0.15) is 4.31 Å². The molecular formula is C21H24N2O6S. The molecule has 1 amide bonds. The van der Waals surface area contributed by atoms with Crippen molar-refractivity contribution in [2.24, 2.45) is 0 Å². The third-order valence-corrected chi connectivity index (χ3v) is 6.73. The van der Waals surface area contributed by atoms with Crippen LogP contribution in [0.15, 0.2) is 47.4 Å². The number of hydrogen-bond acceptors (Lipinski definition) is 6. The summed E-state index contributed by atoms with van der Waals surface area (Å²) in [6, 6.07) is 10.9. The Hall–Kier alpha value is -2.75. The normalized spacial score (nSPS) is 14.9. The average molecular weight is 432 g/mol. The van der Waals surface area contributed by atoms with Crippen LogP contribution >= 0.6 is 0 Å². The Morgan fingerprint density at radius 1 is 1.07 bits per heavy atom. The molecule has 0 aromatic heterocycles. The van der Waals surface area contributed by atoms with E-state index in [2.05, 4.69) is 5.32 Å². The SMILES string of the molecule is CCOC(=O)c1ccc(NC(=O)c2ccc(C)c(S(=O)(=O)N3CCOCC3)c2)cc1. The number of rotatable bonds is 6. The van der Waals surface area contributed by atoms with Crippen LogP contribution in [0.25, 0.3) is 0 Å². The van der Waals surface area contributed by atoms with Crippen molar-refractivity contribution in [1.29, 1.82) is 0 Å². The van der Waals surface area contributed by atoms with Crippen LogP contribution in [0.3, 0.4) is 0 Å². The second-order valence-electron chi connectivity index (χ2n) is 6.75. The molecule has 2 aromatic rings. The molecule has 0 spiro atoms. The van der Waals surface area contributed by atoms with Gasteiger partial charge in [0.15, 0.2) is 0 Å². The molecule has 1 heterocycles. The number of carbonyl (C=O) groups is 2. The molecule has 0 aliphatic carbocycles. The van der Waals surface area contributed by atoms with E-state index in [1.807, 2.05) is 0 Å². The van der Waals surface area contributed by atoms with Gasteiger partial charge in [-0.1, -0.05) is 6.07 Å². The molecular weight excluding hydrogens is 408 g/mol. The predicted molar refractivity (Wildman–Crippen MR) is 111 cm³/mol. The number of aryl methyl sites for hydroxylation is 1. The van der Waals surface area contributed by atoms with E-state index in [0.29, 0.717) is 30.0 Å². The van der Waals surface area contributed by atoms with Crippen LogP contribution < -0.4 is 5.32 Å². The number of sulfonamides is 1. The van der Waals surface area contributed by atoms with E-state index >= 15 is 0 Å². The van der Waals surface area contributed by atoms with Crippen LogP contribution in [0.4, 0.5) is 5.69 Å². The number of anilines is 1. The Morgan fingerprint density at radius 3 is 2.33 bits per heavy atom. The number of carbonyl (C=O) groups excluding carboxylic acids is 2. The lowest BCUT2D eigenvalue weighted by atomic mass is 10.1. The molecule has 0 unspecified atom stereocenters. The van der Waals surface area contributed by atoms with Gasteiger partial charge in [-0.25, -0.2) is 13.2 Å². The van der Waals surface area contributed by atoms with Crippen LogP contribution in [0.2, 0.25) is 0 Å². The summed E-state index contributed by atoms with van der Waals surface area (Å²) >= 11 is 0. The molecule has 0 saturated carbocycles. The first-order valence-corrected chi connectivity index (χ1v) is 11.0. The highest BCUT2D eigenvalue weighted by molar-refractivity contribution is 7.89. The Labute approximate surface area is 175 Å². The third-order valence-electron chi connectivity index (χ3n) is 4.69. The summed E-state index contributed by atoms with van der Waals surface area (Å²) in [4.78, 5) is 24.5. The first kappa shape index (κ1) is 21.9. The molecule has 0 radical (unpaired) electrons. The minimum Gasteiger partial charge on any atom is -0.462 e. The summed E-state index contributed by atoms with van der Waals surface area (Å²) in [5.74, 6) is -0.885. The van der Waals surface area contributed by atoms with Crippen LogP contribution in [0.1, 0.15) is 33.2 Å². The van der Waals surface area contributed by atoms with Crippen LogP contribution in [0, 0.1) is 6.92 Å². The zero-order chi connectivity index (χ0) is 21.7. The minimum atomic E-state index is -3.72. The van der Waals surface area contributed by atoms with Gasteiger partial charge in [0, 0.05) is 24.3 Å². The van der Waals surface area contributed by atoms with E-state index in [1.54, 1.807) is 50.2 Å². The Bertz CT molecular complexity index is 1030. The van der Waals surface area contributed by atoms with Crippen molar-refractivity contribution in [3.05, 3.63) is 59.2 Å². The lowest BCUT2D eigenvalue weighted by molar-refractivity contribution is 0.0526. The maximum atomic E-state index is 13.0. The van der Waals surface area contributed by atoms with Crippen LogP contribution in [0.5, 0.6) is 0 Å². The predicted octanol–water partition coefficient (Wildman–Crippen LogP) is 2.44. The topological polar surface area (TPSA) is 102 Å². The molecule has 3 rings (SSSR count). The molecule has 8 nitrogen and oxygen atoms in total. The molecule has 1 N–H and O–H groups in total. The summed E-state index contributed by atoms with van der Waals surface area (Å²) in [6.07, 6.45) is 0. The van der Waals surface area contributed by atoms with Crippen molar-refractivity contribution in [3.8, 4) is 0 Å². The molecule has 0 atom stereocenters. The van der Waals surface area contributed by atoms with Gasteiger partial charge in [-0.15, -0.1) is 0 Å². The van der Waals surface area contributed by atoms with Crippen LogP contribution in [-0.4, -0.2) is 57.5 Å². The zero-order valence-electron chi connectivity index (χ0n) is 16.9. The first-order valence-electron chi connectivity index (χ1n) is 9.60. The van der Waals surface area contributed by atoms with Crippen molar-refractivity contribution >= 4 is 27.6 Å². The van der Waals surface area contributed by atoms with Crippen molar-refractivity contribution in [2.75, 3.05) is 38.2 Å². The van der Waals surface area contributed by atoms with Gasteiger partial charge in [-0.05, 0) is 55.8 Å². The van der Waals surface area contributed by atoms with E-state index in [1.165, 1.54) is 10.4 Å². The number of hydrogen-bond donors (Lipinski definition) is 1. The van der Waals surface area contributed by atoms with Gasteiger partial charge in [0.1, 0.15) is 0 Å². The van der Waals surface area contributed by atoms with Gasteiger partial charge < -0.3 is 14.8 Å². The number of nitrogens with zero attached hydrogens (tertiary/aromatic N) is 1.